The van der Waals surface area contributed by atoms with Crippen LogP contribution in [0, 0.1) is 11.6 Å². The van der Waals surface area contributed by atoms with Crippen LogP contribution in [0.2, 0.25) is 0 Å². The van der Waals surface area contributed by atoms with E-state index < -0.39 is 30.0 Å². The van der Waals surface area contributed by atoms with Crippen molar-refractivity contribution >= 4 is 35.0 Å². The van der Waals surface area contributed by atoms with E-state index in [1.807, 2.05) is 27.7 Å². The highest BCUT2D eigenvalue weighted by atomic mass is 79.9. The fourth-order valence-corrected chi connectivity index (χ4v) is 2.52. The van der Waals surface area contributed by atoms with Crippen molar-refractivity contribution in [2.24, 2.45) is 0 Å². The van der Waals surface area contributed by atoms with Crippen LogP contribution in [0.15, 0.2) is 22.1 Å². The van der Waals surface area contributed by atoms with Crippen LogP contribution in [0.25, 0.3) is 6.08 Å². The lowest BCUT2D eigenvalue weighted by Crippen LogP contribution is -2.41. The SMILES string of the molecule is CC(=O)NCC(=Cc1cc(F)c(Br)c(F)c1)B1OC(C)(C)C(C)(C)O1. The van der Waals surface area contributed by atoms with Gasteiger partial charge in [-0.3, -0.25) is 4.79 Å². The molecule has 1 aromatic rings. The van der Waals surface area contributed by atoms with Crippen molar-refractivity contribution in [3.8, 4) is 0 Å². The van der Waals surface area contributed by atoms with Crippen molar-refractivity contribution in [1.29, 1.82) is 0 Å². The second kappa shape index (κ2) is 7.17. The van der Waals surface area contributed by atoms with Crippen LogP contribution in [-0.4, -0.2) is 30.8 Å². The molecule has 136 valence electrons. The summed E-state index contributed by atoms with van der Waals surface area (Å²) in [6, 6.07) is 2.40. The van der Waals surface area contributed by atoms with E-state index in [0.29, 0.717) is 11.0 Å². The maximum absolute atomic E-state index is 13.8. The number of amides is 1. The molecule has 1 saturated heterocycles. The van der Waals surface area contributed by atoms with Crippen LogP contribution in [-0.2, 0) is 14.1 Å². The summed E-state index contributed by atoms with van der Waals surface area (Å²) in [4.78, 5) is 11.3. The number of hydrogen-bond donors (Lipinski definition) is 1. The van der Waals surface area contributed by atoms with Gasteiger partial charge in [0.2, 0.25) is 5.91 Å². The minimum atomic E-state index is -0.730. The first-order chi connectivity index (χ1) is 11.4. The number of halogens is 3. The molecule has 2 rings (SSSR count). The van der Waals surface area contributed by atoms with Crippen LogP contribution < -0.4 is 5.32 Å². The number of carbonyl (C=O) groups excluding carboxylic acids is 1. The largest absolute Gasteiger partial charge is 0.492 e. The maximum atomic E-state index is 13.8. The molecule has 1 amide bonds. The van der Waals surface area contributed by atoms with Gasteiger partial charge in [-0.05, 0) is 66.8 Å². The molecule has 0 unspecified atom stereocenters. The summed E-state index contributed by atoms with van der Waals surface area (Å²) in [5.74, 6) is -1.64. The Morgan fingerprint density at radius 2 is 1.68 bits per heavy atom. The number of rotatable bonds is 4. The van der Waals surface area contributed by atoms with E-state index in [9.17, 15) is 13.6 Å². The zero-order valence-corrected chi connectivity index (χ0v) is 16.5. The van der Waals surface area contributed by atoms with Crippen LogP contribution in [0.1, 0.15) is 40.2 Å². The number of nitrogens with one attached hydrogen (secondary N) is 1. The van der Waals surface area contributed by atoms with Gasteiger partial charge in [-0.1, -0.05) is 6.08 Å². The van der Waals surface area contributed by atoms with Gasteiger partial charge in [-0.2, -0.15) is 0 Å². The molecule has 0 saturated carbocycles. The van der Waals surface area contributed by atoms with Gasteiger partial charge in [0.15, 0.2) is 0 Å². The molecular formula is C17H21BBrF2NO3. The van der Waals surface area contributed by atoms with Gasteiger partial charge in [0.1, 0.15) is 11.6 Å². The minimum Gasteiger partial charge on any atom is -0.400 e. The third-order valence-electron chi connectivity index (χ3n) is 4.46. The molecule has 1 heterocycles. The van der Waals surface area contributed by atoms with Gasteiger partial charge in [-0.25, -0.2) is 8.78 Å². The van der Waals surface area contributed by atoms with Gasteiger partial charge in [0.05, 0.1) is 15.7 Å². The Labute approximate surface area is 155 Å². The summed E-state index contributed by atoms with van der Waals surface area (Å²) in [5, 5.41) is 2.67. The second-order valence-corrected chi connectivity index (χ2v) is 7.81. The zero-order chi connectivity index (χ0) is 19.0. The molecule has 0 spiro atoms. The van der Waals surface area contributed by atoms with E-state index in [4.69, 9.17) is 9.31 Å². The van der Waals surface area contributed by atoms with Gasteiger partial charge >= 0.3 is 7.12 Å². The summed E-state index contributed by atoms with van der Waals surface area (Å²) in [6.07, 6.45) is 1.57. The highest BCUT2D eigenvalue weighted by Gasteiger charge is 2.52. The van der Waals surface area contributed by atoms with Gasteiger partial charge < -0.3 is 14.6 Å². The van der Waals surface area contributed by atoms with Crippen LogP contribution in [0.5, 0.6) is 0 Å². The topological polar surface area (TPSA) is 47.6 Å². The van der Waals surface area contributed by atoms with Crippen molar-refractivity contribution in [3.05, 3.63) is 39.3 Å². The summed E-state index contributed by atoms with van der Waals surface area (Å²) >= 11 is 2.85. The maximum Gasteiger partial charge on any atom is 0.492 e. The Hall–Kier alpha value is -1.25. The lowest BCUT2D eigenvalue weighted by molar-refractivity contribution is -0.118. The van der Waals surface area contributed by atoms with E-state index in [0.717, 1.165) is 0 Å². The van der Waals surface area contributed by atoms with Crippen LogP contribution >= 0.6 is 15.9 Å². The summed E-state index contributed by atoms with van der Waals surface area (Å²) in [6.45, 7) is 9.15. The molecule has 0 atom stereocenters. The molecule has 1 aliphatic heterocycles. The predicted molar refractivity (Wildman–Crippen MR) is 96.8 cm³/mol. The van der Waals surface area contributed by atoms with Gasteiger partial charge in [0.25, 0.3) is 0 Å². The molecular weight excluding hydrogens is 395 g/mol. The van der Waals surface area contributed by atoms with Crippen molar-refractivity contribution in [2.75, 3.05) is 6.54 Å². The fourth-order valence-electron chi connectivity index (χ4n) is 2.30. The average molecular weight is 416 g/mol. The molecule has 8 heteroatoms. The van der Waals surface area contributed by atoms with Crippen LogP contribution in [0.4, 0.5) is 8.78 Å². The van der Waals surface area contributed by atoms with Crippen molar-refractivity contribution < 1.29 is 22.9 Å². The van der Waals surface area contributed by atoms with E-state index >= 15 is 0 Å². The normalized spacial score (nSPS) is 19.2. The monoisotopic (exact) mass is 415 g/mol. The zero-order valence-electron chi connectivity index (χ0n) is 14.9. The first-order valence-corrected chi connectivity index (χ1v) is 8.67. The van der Waals surface area contributed by atoms with E-state index in [1.54, 1.807) is 6.08 Å². The van der Waals surface area contributed by atoms with Crippen LogP contribution in [0.3, 0.4) is 0 Å². The molecule has 25 heavy (non-hydrogen) atoms. The lowest BCUT2D eigenvalue weighted by Gasteiger charge is -2.32. The molecule has 4 nitrogen and oxygen atoms in total. The smallest absolute Gasteiger partial charge is 0.400 e. The van der Waals surface area contributed by atoms with E-state index in [2.05, 4.69) is 21.2 Å². The minimum absolute atomic E-state index is 0.144. The van der Waals surface area contributed by atoms with Gasteiger partial charge in [-0.15, -0.1) is 0 Å². The lowest BCUT2D eigenvalue weighted by atomic mass is 9.77. The Bertz CT molecular complexity index is 683. The molecule has 0 aromatic heterocycles. The molecule has 1 aliphatic rings. The highest BCUT2D eigenvalue weighted by Crippen LogP contribution is 2.38. The number of carbonyl (C=O) groups is 1. The molecule has 0 bridgehead atoms. The molecule has 1 aromatic carbocycles. The quantitative estimate of drug-likeness (QED) is 0.599. The Morgan fingerprint density at radius 1 is 1.20 bits per heavy atom. The van der Waals surface area contributed by atoms with Gasteiger partial charge in [0, 0.05) is 13.5 Å². The standard InChI is InChI=1S/C17H21BBrF2NO3/c1-10(23)22-9-12(18-24-16(2,3)17(4,5)25-18)6-11-7-13(20)15(19)14(21)8-11/h6-8H,9H2,1-5H3,(H,22,23). The summed E-state index contributed by atoms with van der Waals surface area (Å²) < 4.78 is 39.3. The number of hydrogen-bond acceptors (Lipinski definition) is 3. The third-order valence-corrected chi connectivity index (χ3v) is 5.21. The fraction of sp³-hybridized carbons (Fsp3) is 0.471. The highest BCUT2D eigenvalue weighted by molar-refractivity contribution is 9.10. The summed E-state index contributed by atoms with van der Waals surface area (Å²) in [7, 11) is -0.730. The van der Waals surface area contributed by atoms with E-state index in [1.165, 1.54) is 19.1 Å². The first-order valence-electron chi connectivity index (χ1n) is 7.88. The molecule has 0 radical (unpaired) electrons. The van der Waals surface area contributed by atoms with Crippen molar-refractivity contribution in [1.82, 2.24) is 5.32 Å². The molecule has 1 N–H and O–H groups in total. The Balaban J connectivity index is 2.38. The third kappa shape index (κ3) is 4.48. The second-order valence-electron chi connectivity index (χ2n) is 7.02. The van der Waals surface area contributed by atoms with E-state index in [-0.39, 0.29) is 16.9 Å². The first kappa shape index (κ1) is 20.1. The Kier molecular flexibility index (Phi) is 5.76. The molecule has 0 aliphatic carbocycles. The predicted octanol–water partition coefficient (Wildman–Crippen LogP) is 3.88. The van der Waals surface area contributed by atoms with Crippen molar-refractivity contribution in [2.45, 2.75) is 45.8 Å². The van der Waals surface area contributed by atoms with Crippen molar-refractivity contribution in [3.63, 3.8) is 0 Å². The average Bonchev–Trinajstić information content (AvgIpc) is 2.68. The number of benzene rings is 1. The molecule has 1 fully saturated rings. The Morgan fingerprint density at radius 3 is 2.12 bits per heavy atom. The summed E-state index contributed by atoms with van der Waals surface area (Å²) in [5.41, 5.74) is -0.255.